The summed E-state index contributed by atoms with van der Waals surface area (Å²) in [4.78, 5) is 37.5. The first-order valence-corrected chi connectivity index (χ1v) is 12.2. The third kappa shape index (κ3) is 6.56. The van der Waals surface area contributed by atoms with Crippen molar-refractivity contribution >= 4 is 11.8 Å². The molecule has 7 nitrogen and oxygen atoms in total. The number of hydrogen-bond acceptors (Lipinski definition) is 4. The van der Waals surface area contributed by atoms with Gasteiger partial charge in [0.1, 0.15) is 5.69 Å². The average molecular weight is 432 g/mol. The van der Waals surface area contributed by atoms with Crippen molar-refractivity contribution in [1.29, 1.82) is 0 Å². The smallest absolute Gasteiger partial charge is 0.270 e. The maximum atomic E-state index is 12.8. The van der Waals surface area contributed by atoms with Crippen LogP contribution in [0.3, 0.4) is 0 Å². The SMILES string of the molecule is CCN(CC)C(=O)[C@@H]1CCCN(Cc2ccc(C(=O)N(C)CCN3CCCCC3)[nH]2)C1. The number of likely N-dealkylation sites (N-methyl/N-ethyl adjacent to an activating group) is 1. The molecule has 7 heteroatoms. The topological polar surface area (TPSA) is 62.9 Å². The van der Waals surface area contributed by atoms with Gasteiger partial charge in [0.2, 0.25) is 5.91 Å². The molecular weight excluding hydrogens is 390 g/mol. The molecule has 2 aliphatic heterocycles. The fraction of sp³-hybridized carbons (Fsp3) is 0.750. The Hall–Kier alpha value is -1.86. The second-order valence-electron chi connectivity index (χ2n) is 9.11. The van der Waals surface area contributed by atoms with E-state index in [4.69, 9.17) is 0 Å². The van der Waals surface area contributed by atoms with Crippen LogP contribution < -0.4 is 0 Å². The van der Waals surface area contributed by atoms with Crippen LogP contribution in [-0.4, -0.2) is 95.8 Å². The minimum atomic E-state index is 0.0523. The van der Waals surface area contributed by atoms with Gasteiger partial charge in [-0.05, 0) is 71.3 Å². The van der Waals surface area contributed by atoms with Crippen molar-refractivity contribution in [2.24, 2.45) is 5.92 Å². The summed E-state index contributed by atoms with van der Waals surface area (Å²) < 4.78 is 0. The molecule has 2 saturated heterocycles. The monoisotopic (exact) mass is 431 g/mol. The summed E-state index contributed by atoms with van der Waals surface area (Å²) in [5.74, 6) is 0.425. The number of nitrogens with zero attached hydrogens (tertiary/aromatic N) is 4. The molecule has 3 heterocycles. The first-order chi connectivity index (χ1) is 15.0. The molecule has 2 aliphatic rings. The molecule has 0 radical (unpaired) electrons. The highest BCUT2D eigenvalue weighted by atomic mass is 16.2. The summed E-state index contributed by atoms with van der Waals surface area (Å²) in [7, 11) is 1.89. The third-order valence-electron chi connectivity index (χ3n) is 6.85. The van der Waals surface area contributed by atoms with E-state index in [0.717, 1.165) is 77.4 Å². The lowest BCUT2D eigenvalue weighted by Crippen LogP contribution is -2.44. The van der Waals surface area contributed by atoms with Gasteiger partial charge in [-0.15, -0.1) is 0 Å². The molecule has 31 heavy (non-hydrogen) atoms. The van der Waals surface area contributed by atoms with Crippen LogP contribution in [0.15, 0.2) is 12.1 Å². The molecule has 1 atom stereocenters. The average Bonchev–Trinajstić information content (AvgIpc) is 3.27. The van der Waals surface area contributed by atoms with Crippen molar-refractivity contribution in [1.82, 2.24) is 24.6 Å². The van der Waals surface area contributed by atoms with Crippen LogP contribution in [-0.2, 0) is 11.3 Å². The number of piperidine rings is 2. The molecule has 3 rings (SSSR count). The predicted octanol–water partition coefficient (Wildman–Crippen LogP) is 2.65. The minimum Gasteiger partial charge on any atom is -0.353 e. The first-order valence-electron chi connectivity index (χ1n) is 12.2. The summed E-state index contributed by atoms with van der Waals surface area (Å²) in [6, 6.07) is 3.92. The Morgan fingerprint density at radius 3 is 2.45 bits per heavy atom. The molecule has 1 aromatic rings. The lowest BCUT2D eigenvalue weighted by molar-refractivity contribution is -0.137. The summed E-state index contributed by atoms with van der Waals surface area (Å²) in [6.45, 7) is 12.2. The first kappa shape index (κ1) is 23.8. The minimum absolute atomic E-state index is 0.0523. The Kier molecular flexibility index (Phi) is 8.96. The largest absolute Gasteiger partial charge is 0.353 e. The van der Waals surface area contributed by atoms with Crippen LogP contribution in [0.25, 0.3) is 0 Å². The van der Waals surface area contributed by atoms with E-state index in [-0.39, 0.29) is 17.7 Å². The lowest BCUT2D eigenvalue weighted by Gasteiger charge is -2.34. The summed E-state index contributed by atoms with van der Waals surface area (Å²) >= 11 is 0. The zero-order valence-electron chi connectivity index (χ0n) is 19.7. The van der Waals surface area contributed by atoms with Crippen LogP contribution in [0.4, 0.5) is 0 Å². The summed E-state index contributed by atoms with van der Waals surface area (Å²) in [6.07, 6.45) is 5.90. The maximum Gasteiger partial charge on any atom is 0.270 e. The lowest BCUT2D eigenvalue weighted by atomic mass is 9.96. The highest BCUT2D eigenvalue weighted by molar-refractivity contribution is 5.92. The number of rotatable bonds is 9. The fourth-order valence-electron chi connectivity index (χ4n) is 4.87. The molecule has 0 bridgehead atoms. The second kappa shape index (κ2) is 11.7. The number of hydrogen-bond donors (Lipinski definition) is 1. The van der Waals surface area contributed by atoms with E-state index >= 15 is 0 Å². The van der Waals surface area contributed by atoms with E-state index in [0.29, 0.717) is 5.69 Å². The number of aromatic nitrogens is 1. The molecular formula is C24H41N5O2. The van der Waals surface area contributed by atoms with E-state index in [1.54, 1.807) is 0 Å². The van der Waals surface area contributed by atoms with Crippen molar-refractivity contribution in [3.63, 3.8) is 0 Å². The maximum absolute atomic E-state index is 12.8. The highest BCUT2D eigenvalue weighted by Gasteiger charge is 2.28. The number of carbonyl (C=O) groups is 2. The van der Waals surface area contributed by atoms with Gasteiger partial charge in [0, 0.05) is 52.0 Å². The van der Waals surface area contributed by atoms with Gasteiger partial charge in [-0.2, -0.15) is 0 Å². The van der Waals surface area contributed by atoms with E-state index in [1.807, 2.05) is 42.8 Å². The molecule has 2 fully saturated rings. The van der Waals surface area contributed by atoms with Gasteiger partial charge in [0.05, 0.1) is 5.92 Å². The van der Waals surface area contributed by atoms with E-state index in [2.05, 4.69) is 14.8 Å². The van der Waals surface area contributed by atoms with Gasteiger partial charge < -0.3 is 19.7 Å². The number of carbonyl (C=O) groups excluding carboxylic acids is 2. The zero-order valence-corrected chi connectivity index (χ0v) is 19.7. The molecule has 0 spiro atoms. The molecule has 1 N–H and O–H groups in total. The van der Waals surface area contributed by atoms with E-state index in [1.165, 1.54) is 19.3 Å². The summed E-state index contributed by atoms with van der Waals surface area (Å²) in [5, 5.41) is 0. The summed E-state index contributed by atoms with van der Waals surface area (Å²) in [5.41, 5.74) is 1.70. The molecule has 0 unspecified atom stereocenters. The van der Waals surface area contributed by atoms with Crippen LogP contribution >= 0.6 is 0 Å². The normalized spacial score (nSPS) is 20.5. The Balaban J connectivity index is 1.49. The van der Waals surface area contributed by atoms with Crippen LogP contribution in [0.1, 0.15) is 62.1 Å². The van der Waals surface area contributed by atoms with Gasteiger partial charge >= 0.3 is 0 Å². The highest BCUT2D eigenvalue weighted by Crippen LogP contribution is 2.21. The zero-order chi connectivity index (χ0) is 22.2. The standard InChI is InChI=1S/C24H41N5O2/c1-4-29(5-2)23(30)20-10-9-15-28(18-20)19-21-11-12-22(25-21)24(31)26(3)16-17-27-13-7-6-8-14-27/h11-12,20,25H,4-10,13-19H2,1-3H3/t20-/m1/s1. The van der Waals surface area contributed by atoms with Crippen molar-refractivity contribution in [2.75, 3.05) is 59.4 Å². The number of aromatic amines is 1. The molecule has 1 aromatic heterocycles. The van der Waals surface area contributed by atoms with Crippen molar-refractivity contribution in [2.45, 2.75) is 52.5 Å². The third-order valence-corrected chi connectivity index (χ3v) is 6.85. The van der Waals surface area contributed by atoms with Gasteiger partial charge in [-0.1, -0.05) is 6.42 Å². The van der Waals surface area contributed by atoms with E-state index < -0.39 is 0 Å². The van der Waals surface area contributed by atoms with Crippen LogP contribution in [0, 0.1) is 5.92 Å². The molecule has 2 amide bonds. The van der Waals surface area contributed by atoms with Crippen molar-refractivity contribution < 1.29 is 9.59 Å². The van der Waals surface area contributed by atoms with Gasteiger partial charge in [0.15, 0.2) is 0 Å². The number of nitrogens with one attached hydrogen (secondary N) is 1. The fourth-order valence-corrected chi connectivity index (χ4v) is 4.87. The Labute approximate surface area is 187 Å². The Morgan fingerprint density at radius 1 is 1.03 bits per heavy atom. The Morgan fingerprint density at radius 2 is 1.74 bits per heavy atom. The molecule has 174 valence electrons. The van der Waals surface area contributed by atoms with Crippen LogP contribution in [0.5, 0.6) is 0 Å². The van der Waals surface area contributed by atoms with Crippen LogP contribution in [0.2, 0.25) is 0 Å². The van der Waals surface area contributed by atoms with Gasteiger partial charge in [-0.25, -0.2) is 0 Å². The molecule has 0 saturated carbocycles. The van der Waals surface area contributed by atoms with Gasteiger partial charge in [-0.3, -0.25) is 14.5 Å². The number of amides is 2. The van der Waals surface area contributed by atoms with E-state index in [9.17, 15) is 9.59 Å². The quantitative estimate of drug-likeness (QED) is 0.653. The van der Waals surface area contributed by atoms with Crippen molar-refractivity contribution in [3.05, 3.63) is 23.5 Å². The molecule has 0 aliphatic carbocycles. The second-order valence-corrected chi connectivity index (χ2v) is 9.11. The number of likely N-dealkylation sites (tertiary alicyclic amines) is 2. The predicted molar refractivity (Wildman–Crippen MR) is 124 cm³/mol. The van der Waals surface area contributed by atoms with Gasteiger partial charge in [0.25, 0.3) is 5.91 Å². The Bertz CT molecular complexity index is 709. The number of H-pyrrole nitrogens is 1. The van der Waals surface area contributed by atoms with Crippen molar-refractivity contribution in [3.8, 4) is 0 Å². The molecule has 0 aromatic carbocycles.